The van der Waals surface area contributed by atoms with E-state index in [0.29, 0.717) is 0 Å². The van der Waals surface area contributed by atoms with E-state index in [1.807, 2.05) is 4.72 Å². The molecular formula is C22H24ClF5N4O4S. The molecule has 1 aliphatic carbocycles. The van der Waals surface area contributed by atoms with E-state index >= 15 is 0 Å². The van der Waals surface area contributed by atoms with Crippen molar-refractivity contribution in [2.24, 2.45) is 5.92 Å². The Labute approximate surface area is 215 Å². The molecule has 1 fully saturated rings. The molecule has 0 unspecified atom stereocenters. The summed E-state index contributed by atoms with van der Waals surface area (Å²) < 4.78 is 100. The number of sulfonamides is 1. The van der Waals surface area contributed by atoms with Gasteiger partial charge in [-0.1, -0.05) is 17.7 Å². The van der Waals surface area contributed by atoms with Gasteiger partial charge in [0.25, 0.3) is 16.5 Å². The molecule has 0 spiro atoms. The molecule has 1 aromatic carbocycles. The Bertz CT molecular complexity index is 1220. The molecule has 0 radical (unpaired) electrons. The van der Waals surface area contributed by atoms with Crippen molar-refractivity contribution < 1.29 is 39.9 Å². The van der Waals surface area contributed by atoms with Crippen LogP contribution < -0.4 is 10.0 Å². The van der Waals surface area contributed by atoms with Crippen LogP contribution in [0.4, 0.5) is 33.5 Å². The van der Waals surface area contributed by atoms with E-state index in [2.05, 4.69) is 15.0 Å². The highest BCUT2D eigenvalue weighted by Gasteiger charge is 2.46. The number of hydrogen-bond donors (Lipinski definition) is 2. The first-order chi connectivity index (χ1) is 17.3. The summed E-state index contributed by atoms with van der Waals surface area (Å²) in [7, 11) is -2.96. The van der Waals surface area contributed by atoms with E-state index in [0.717, 1.165) is 18.2 Å². The van der Waals surface area contributed by atoms with Crippen LogP contribution in [0.25, 0.3) is 0 Å². The first kappa shape index (κ1) is 28.9. The summed E-state index contributed by atoms with van der Waals surface area (Å²) in [5.41, 5.74) is -0.0139. The molecule has 0 bridgehead atoms. The predicted molar refractivity (Wildman–Crippen MR) is 126 cm³/mol. The minimum absolute atomic E-state index is 0.0139. The van der Waals surface area contributed by atoms with Crippen molar-refractivity contribution in [2.45, 2.75) is 42.4 Å². The lowest BCUT2D eigenvalue weighted by Gasteiger charge is -2.42. The Morgan fingerprint density at radius 1 is 1.24 bits per heavy atom. The summed E-state index contributed by atoms with van der Waals surface area (Å²) in [5, 5.41) is 2.75. The molecule has 0 amide bonds. The van der Waals surface area contributed by atoms with Crippen molar-refractivity contribution >= 4 is 39.6 Å². The molecule has 1 aromatic heterocycles. The van der Waals surface area contributed by atoms with Crippen molar-refractivity contribution in [1.29, 1.82) is 0 Å². The summed E-state index contributed by atoms with van der Waals surface area (Å²) in [4.78, 5) is 14.6. The highest BCUT2D eigenvalue weighted by molar-refractivity contribution is 7.92. The molecular weight excluding hydrogens is 547 g/mol. The second-order valence-corrected chi connectivity index (χ2v) is 10.6. The van der Waals surface area contributed by atoms with Gasteiger partial charge < -0.3 is 10.1 Å². The minimum atomic E-state index is -4.54. The van der Waals surface area contributed by atoms with Gasteiger partial charge in [-0.05, 0) is 50.6 Å². The van der Waals surface area contributed by atoms with Crippen LogP contribution in [0.1, 0.15) is 19.3 Å². The fraction of sp³-hybridized carbons (Fsp3) is 0.455. The maximum Gasteiger partial charge on any atom is 0.391 e. The maximum atomic E-state index is 14.9. The summed E-state index contributed by atoms with van der Waals surface area (Å²) in [6.45, 7) is 0.362. The smallest absolute Gasteiger partial charge is 0.391 e. The van der Waals surface area contributed by atoms with Crippen LogP contribution in [0.2, 0.25) is 5.02 Å². The van der Waals surface area contributed by atoms with Crippen LogP contribution in [0.15, 0.2) is 35.2 Å². The number of alkyl halides is 3. The third-order valence-corrected chi connectivity index (χ3v) is 7.76. The number of hydrogen-bond acceptors (Lipinski definition) is 7. The highest BCUT2D eigenvalue weighted by atomic mass is 35.5. The van der Waals surface area contributed by atoms with Crippen molar-refractivity contribution in [3.63, 3.8) is 0 Å². The molecule has 2 N–H and O–H groups in total. The van der Waals surface area contributed by atoms with Gasteiger partial charge in [-0.2, -0.15) is 17.6 Å². The number of aromatic nitrogens is 1. The van der Waals surface area contributed by atoms with Gasteiger partial charge in [0.15, 0.2) is 0 Å². The van der Waals surface area contributed by atoms with E-state index in [9.17, 15) is 35.2 Å². The van der Waals surface area contributed by atoms with Crippen molar-refractivity contribution in [2.75, 3.05) is 30.2 Å². The number of anilines is 2. The van der Waals surface area contributed by atoms with Crippen molar-refractivity contribution in [1.82, 2.24) is 9.88 Å². The van der Waals surface area contributed by atoms with E-state index in [4.69, 9.17) is 11.6 Å². The van der Waals surface area contributed by atoms with Gasteiger partial charge in [0.05, 0.1) is 16.6 Å². The molecule has 1 heterocycles. The molecule has 2 aromatic rings. The van der Waals surface area contributed by atoms with Gasteiger partial charge >= 0.3 is 6.18 Å². The van der Waals surface area contributed by atoms with Gasteiger partial charge in [0, 0.05) is 18.6 Å². The average Bonchev–Trinajstić information content (AvgIpc) is 2.80. The zero-order valence-corrected chi connectivity index (χ0v) is 21.0. The predicted octanol–water partition coefficient (Wildman–Crippen LogP) is 4.43. The van der Waals surface area contributed by atoms with E-state index in [-0.39, 0.29) is 55.4 Å². The molecule has 8 nitrogen and oxygen atoms in total. The lowest BCUT2D eigenvalue weighted by molar-refractivity contribution is -0.187. The second kappa shape index (κ2) is 11.8. The largest absolute Gasteiger partial charge is 0.467 e. The van der Waals surface area contributed by atoms with Crippen LogP contribution in [0.5, 0.6) is 0 Å². The minimum Gasteiger partial charge on any atom is -0.467 e. The van der Waals surface area contributed by atoms with Gasteiger partial charge in [-0.25, -0.2) is 17.8 Å². The van der Waals surface area contributed by atoms with Gasteiger partial charge in [-0.3, -0.25) is 14.4 Å². The number of nitrogens with one attached hydrogen (secondary N) is 2. The van der Waals surface area contributed by atoms with E-state index in [1.165, 1.54) is 12.1 Å². The maximum absolute atomic E-state index is 14.9. The number of benzene rings is 1. The Kier molecular flexibility index (Phi) is 9.18. The molecule has 0 aliphatic heterocycles. The van der Waals surface area contributed by atoms with Crippen LogP contribution in [-0.2, 0) is 19.6 Å². The van der Waals surface area contributed by atoms with Crippen LogP contribution in [0, 0.1) is 17.7 Å². The quantitative estimate of drug-likeness (QED) is 0.189. The number of carbonyl (C=O) groups is 1. The number of halogens is 6. The molecule has 204 valence electrons. The molecule has 1 aliphatic rings. The first-order valence-corrected chi connectivity index (χ1v) is 12.9. The Morgan fingerprint density at radius 2 is 1.97 bits per heavy atom. The lowest BCUT2D eigenvalue weighted by atomic mass is 9.81. The van der Waals surface area contributed by atoms with Crippen LogP contribution in [-0.4, -0.2) is 63.2 Å². The summed E-state index contributed by atoms with van der Waals surface area (Å²) in [6, 6.07) is 3.77. The number of nitrogens with zero attached hydrogens (tertiary/aromatic N) is 2. The Morgan fingerprint density at radius 3 is 2.62 bits per heavy atom. The lowest BCUT2D eigenvalue weighted by Crippen LogP contribution is -2.51. The summed E-state index contributed by atoms with van der Waals surface area (Å²) in [6.07, 6.45) is -4.76. The third-order valence-electron chi connectivity index (χ3n) is 6.08. The third kappa shape index (κ3) is 7.42. The Balaban J connectivity index is 1.83. The van der Waals surface area contributed by atoms with Gasteiger partial charge in [0.1, 0.15) is 23.1 Å². The Hall–Kier alpha value is -2.71. The monoisotopic (exact) mass is 570 g/mol. The van der Waals surface area contributed by atoms with Crippen molar-refractivity contribution in [3.8, 4) is 0 Å². The molecule has 3 atom stereocenters. The standard InChI is InChI=1S/C22H24ClF5N4O4S/c1-32(7-8-36-12-33)18-9-13(22(26,27)28)5-6-16(18)29-17-11-15(24)19(10-14(17)23)37(34,35)31-21-4-2-3-20(25)30-21/h2-4,10-13,16,18,29H,5-9H2,1H3,(H,30,31)/t13-,16-,18-/m0/s1. The fourth-order valence-electron chi connectivity index (χ4n) is 4.21. The fourth-order valence-corrected chi connectivity index (χ4v) is 5.58. The normalized spacial score (nSPS) is 20.5. The highest BCUT2D eigenvalue weighted by Crippen LogP contribution is 2.40. The number of rotatable bonds is 10. The van der Waals surface area contributed by atoms with E-state index in [1.54, 1.807) is 11.9 Å². The average molecular weight is 571 g/mol. The summed E-state index contributed by atoms with van der Waals surface area (Å²) >= 11 is 6.24. The summed E-state index contributed by atoms with van der Waals surface area (Å²) in [5.74, 6) is -4.06. The van der Waals surface area contributed by atoms with Crippen molar-refractivity contribution in [3.05, 3.63) is 47.1 Å². The van der Waals surface area contributed by atoms with Gasteiger partial charge in [0.2, 0.25) is 5.95 Å². The molecule has 3 rings (SSSR count). The van der Waals surface area contributed by atoms with Crippen LogP contribution >= 0.6 is 11.6 Å². The number of carbonyl (C=O) groups excluding carboxylic acids is 1. The van der Waals surface area contributed by atoms with Gasteiger partial charge in [-0.15, -0.1) is 0 Å². The molecule has 0 saturated heterocycles. The zero-order chi connectivity index (χ0) is 27.4. The number of pyridine rings is 1. The van der Waals surface area contributed by atoms with Crippen LogP contribution in [0.3, 0.4) is 0 Å². The zero-order valence-electron chi connectivity index (χ0n) is 19.4. The number of likely N-dealkylation sites (N-methyl/N-ethyl adjacent to an activating group) is 1. The molecule has 15 heteroatoms. The first-order valence-electron chi connectivity index (χ1n) is 11.0. The topological polar surface area (TPSA) is 101 Å². The molecule has 1 saturated carbocycles. The van der Waals surface area contributed by atoms with E-state index < -0.39 is 50.9 Å². The second-order valence-electron chi connectivity index (χ2n) is 8.53. The SMILES string of the molecule is CN(CCOC=O)[C@H]1C[C@@H](C(F)(F)F)CC[C@@H]1Nc1cc(F)c(S(=O)(=O)Nc2cccc(F)n2)cc1Cl. The molecule has 37 heavy (non-hydrogen) atoms. The number of ether oxygens (including phenoxy) is 1.